The van der Waals surface area contributed by atoms with E-state index < -0.39 is 0 Å². The number of hydrogen-bond donors (Lipinski definition) is 2. The van der Waals surface area contributed by atoms with Crippen LogP contribution in [0.2, 0.25) is 0 Å². The SMILES string of the molecule is C=CC.COc1ccc(CN(C)N)cc1.Nc1ccccc1C(=O)c1ccccc1. The lowest BCUT2D eigenvalue weighted by molar-refractivity contribution is 0.103. The van der Waals surface area contributed by atoms with Crippen LogP contribution in [0, 0.1) is 0 Å². The number of methoxy groups -OCH3 is 1. The molecular formula is C25H31N3O2. The van der Waals surface area contributed by atoms with Gasteiger partial charge in [0.1, 0.15) is 5.75 Å². The van der Waals surface area contributed by atoms with Crippen LogP contribution < -0.4 is 16.3 Å². The van der Waals surface area contributed by atoms with Gasteiger partial charge in [-0.15, -0.1) is 6.58 Å². The first-order valence-corrected chi connectivity index (χ1v) is 9.53. The van der Waals surface area contributed by atoms with Gasteiger partial charge >= 0.3 is 0 Å². The molecule has 0 saturated carbocycles. The summed E-state index contributed by atoms with van der Waals surface area (Å²) < 4.78 is 5.03. The summed E-state index contributed by atoms with van der Waals surface area (Å²) >= 11 is 0. The minimum atomic E-state index is -0.0336. The third-order valence-corrected chi connectivity index (χ3v) is 3.83. The highest BCUT2D eigenvalue weighted by Crippen LogP contribution is 2.15. The van der Waals surface area contributed by atoms with Gasteiger partial charge in [0, 0.05) is 30.4 Å². The van der Waals surface area contributed by atoms with Crippen LogP contribution >= 0.6 is 0 Å². The molecule has 0 heterocycles. The summed E-state index contributed by atoms with van der Waals surface area (Å²) in [6.45, 7) is 6.00. The van der Waals surface area contributed by atoms with E-state index in [0.29, 0.717) is 16.8 Å². The first-order chi connectivity index (χ1) is 14.4. The normalized spacial score (nSPS) is 9.50. The predicted octanol–water partition coefficient (Wildman–Crippen LogP) is 4.69. The Hall–Kier alpha value is -3.41. The quantitative estimate of drug-likeness (QED) is 0.212. The average molecular weight is 406 g/mol. The molecular weight excluding hydrogens is 374 g/mol. The molecule has 5 heteroatoms. The zero-order valence-electron chi connectivity index (χ0n) is 17.9. The predicted molar refractivity (Wildman–Crippen MR) is 125 cm³/mol. The van der Waals surface area contributed by atoms with Crippen LogP contribution in [0.1, 0.15) is 28.4 Å². The molecule has 0 aromatic heterocycles. The van der Waals surface area contributed by atoms with E-state index in [1.54, 1.807) is 42.5 Å². The number of carbonyl (C=O) groups is 1. The van der Waals surface area contributed by atoms with Gasteiger partial charge in [0.15, 0.2) is 5.78 Å². The molecule has 3 rings (SSSR count). The van der Waals surface area contributed by atoms with Crippen LogP contribution in [0.5, 0.6) is 5.75 Å². The molecule has 158 valence electrons. The molecule has 0 aliphatic heterocycles. The highest BCUT2D eigenvalue weighted by atomic mass is 16.5. The second-order valence-electron chi connectivity index (χ2n) is 6.45. The molecule has 0 aliphatic rings. The second-order valence-corrected chi connectivity index (χ2v) is 6.45. The lowest BCUT2D eigenvalue weighted by Gasteiger charge is -2.09. The number of ketones is 1. The number of nitrogen functional groups attached to an aromatic ring is 1. The van der Waals surface area contributed by atoms with Crippen molar-refractivity contribution in [2.24, 2.45) is 5.84 Å². The summed E-state index contributed by atoms with van der Waals surface area (Å²) in [6.07, 6.45) is 1.75. The number of benzene rings is 3. The smallest absolute Gasteiger partial charge is 0.195 e. The lowest BCUT2D eigenvalue weighted by atomic mass is 10.0. The van der Waals surface area contributed by atoms with E-state index in [0.717, 1.165) is 12.3 Å². The van der Waals surface area contributed by atoms with Gasteiger partial charge in [0.2, 0.25) is 0 Å². The minimum Gasteiger partial charge on any atom is -0.497 e. The number of nitrogens with zero attached hydrogens (tertiary/aromatic N) is 1. The summed E-state index contributed by atoms with van der Waals surface area (Å²) in [4.78, 5) is 12.0. The number of hydrogen-bond acceptors (Lipinski definition) is 5. The molecule has 3 aromatic carbocycles. The lowest BCUT2D eigenvalue weighted by Crippen LogP contribution is -2.24. The van der Waals surface area contributed by atoms with Gasteiger partial charge in [0.05, 0.1) is 7.11 Å². The first-order valence-electron chi connectivity index (χ1n) is 9.53. The number of ether oxygens (including phenoxy) is 1. The first kappa shape index (κ1) is 24.6. The van der Waals surface area contributed by atoms with Crippen LogP contribution in [0.4, 0.5) is 5.69 Å². The summed E-state index contributed by atoms with van der Waals surface area (Å²) in [7, 11) is 3.49. The maximum absolute atomic E-state index is 12.0. The van der Waals surface area contributed by atoms with Crippen LogP contribution in [0.3, 0.4) is 0 Å². The Balaban J connectivity index is 0.000000271. The fraction of sp³-hybridized carbons (Fsp3) is 0.160. The molecule has 0 aliphatic carbocycles. The second kappa shape index (κ2) is 13.7. The third-order valence-electron chi connectivity index (χ3n) is 3.83. The number of para-hydroxylation sites is 1. The van der Waals surface area contributed by atoms with Crippen molar-refractivity contribution < 1.29 is 9.53 Å². The van der Waals surface area contributed by atoms with Gasteiger partial charge in [-0.3, -0.25) is 10.6 Å². The number of nitrogens with two attached hydrogens (primary N) is 2. The molecule has 0 bridgehead atoms. The zero-order chi connectivity index (χ0) is 22.4. The summed E-state index contributed by atoms with van der Waals surface area (Å²) in [5.74, 6) is 6.34. The van der Waals surface area contributed by atoms with Crippen molar-refractivity contribution in [1.29, 1.82) is 0 Å². The van der Waals surface area contributed by atoms with Crippen LogP contribution in [0.25, 0.3) is 0 Å². The van der Waals surface area contributed by atoms with Gasteiger partial charge in [0.25, 0.3) is 0 Å². The minimum absolute atomic E-state index is 0.0336. The Labute approximate surface area is 179 Å². The Morgan fingerprint density at radius 1 is 1.00 bits per heavy atom. The molecule has 5 nitrogen and oxygen atoms in total. The number of rotatable bonds is 5. The standard InChI is InChI=1S/C13H11NO.C9H14N2O.C3H6/c14-12-9-5-4-8-11(12)13(15)10-6-2-1-3-7-10;1-11(10)7-8-3-5-9(12-2)6-4-8;1-3-2/h1-9H,14H2;3-6H,7,10H2,1-2H3;3H,1H2,2H3. The van der Waals surface area contributed by atoms with Crippen molar-refractivity contribution >= 4 is 11.5 Å². The van der Waals surface area contributed by atoms with E-state index in [2.05, 4.69) is 6.58 Å². The van der Waals surface area contributed by atoms with E-state index in [1.165, 1.54) is 5.56 Å². The van der Waals surface area contributed by atoms with E-state index in [-0.39, 0.29) is 5.78 Å². The molecule has 0 spiro atoms. The van der Waals surface area contributed by atoms with Crippen molar-refractivity contribution in [3.05, 3.63) is 108 Å². The summed E-state index contributed by atoms with van der Waals surface area (Å²) in [5, 5.41) is 1.64. The topological polar surface area (TPSA) is 81.6 Å². The van der Waals surface area contributed by atoms with Crippen molar-refractivity contribution in [3.63, 3.8) is 0 Å². The molecule has 0 unspecified atom stereocenters. The van der Waals surface area contributed by atoms with Gasteiger partial charge in [-0.05, 0) is 36.8 Å². The fourth-order valence-electron chi connectivity index (χ4n) is 2.47. The molecule has 0 radical (unpaired) electrons. The molecule has 30 heavy (non-hydrogen) atoms. The van der Waals surface area contributed by atoms with Crippen LogP contribution in [-0.4, -0.2) is 24.9 Å². The highest BCUT2D eigenvalue weighted by Gasteiger charge is 2.10. The average Bonchev–Trinajstić information content (AvgIpc) is 2.75. The Morgan fingerprint density at radius 3 is 2.03 bits per heavy atom. The zero-order valence-corrected chi connectivity index (χ0v) is 17.9. The summed E-state index contributed by atoms with van der Waals surface area (Å²) in [6, 6.07) is 24.1. The monoisotopic (exact) mass is 405 g/mol. The van der Waals surface area contributed by atoms with Crippen LogP contribution in [-0.2, 0) is 6.54 Å². The number of allylic oxidation sites excluding steroid dienone is 1. The van der Waals surface area contributed by atoms with E-state index in [9.17, 15) is 4.79 Å². The van der Waals surface area contributed by atoms with Crippen LogP contribution in [0.15, 0.2) is 91.5 Å². The van der Waals surface area contributed by atoms with E-state index in [1.807, 2.05) is 68.6 Å². The number of anilines is 1. The highest BCUT2D eigenvalue weighted by molar-refractivity contribution is 6.11. The molecule has 0 saturated heterocycles. The third kappa shape index (κ3) is 8.73. The fourth-order valence-corrected chi connectivity index (χ4v) is 2.47. The maximum atomic E-state index is 12.0. The Bertz CT molecular complexity index is 892. The molecule has 4 N–H and O–H groups in total. The number of hydrazine groups is 1. The van der Waals surface area contributed by atoms with Gasteiger partial charge in [-0.25, -0.2) is 5.01 Å². The molecule has 0 atom stereocenters. The molecule has 0 amide bonds. The van der Waals surface area contributed by atoms with Crippen molar-refractivity contribution in [3.8, 4) is 5.75 Å². The van der Waals surface area contributed by atoms with Crippen molar-refractivity contribution in [1.82, 2.24) is 5.01 Å². The molecule has 3 aromatic rings. The summed E-state index contributed by atoms with van der Waals surface area (Å²) in [5.41, 5.74) is 8.66. The Kier molecular flexibility index (Phi) is 11.3. The van der Waals surface area contributed by atoms with Crippen molar-refractivity contribution in [2.75, 3.05) is 19.9 Å². The molecule has 0 fully saturated rings. The van der Waals surface area contributed by atoms with E-state index >= 15 is 0 Å². The van der Waals surface area contributed by atoms with Gasteiger partial charge in [-0.1, -0.05) is 60.7 Å². The van der Waals surface area contributed by atoms with Gasteiger partial charge in [-0.2, -0.15) is 0 Å². The largest absolute Gasteiger partial charge is 0.497 e. The maximum Gasteiger partial charge on any atom is 0.195 e. The van der Waals surface area contributed by atoms with E-state index in [4.69, 9.17) is 16.3 Å². The number of carbonyl (C=O) groups excluding carboxylic acids is 1. The van der Waals surface area contributed by atoms with Crippen molar-refractivity contribution in [2.45, 2.75) is 13.5 Å². The Morgan fingerprint density at radius 2 is 1.53 bits per heavy atom. The van der Waals surface area contributed by atoms with Gasteiger partial charge < -0.3 is 10.5 Å².